The van der Waals surface area contributed by atoms with E-state index in [0.717, 1.165) is 0 Å². The molecule has 2 N–H and O–H groups in total. The third kappa shape index (κ3) is 4.57. The summed E-state index contributed by atoms with van der Waals surface area (Å²) in [6, 6.07) is 4.93. The number of esters is 1. The van der Waals surface area contributed by atoms with Crippen LogP contribution in [0.5, 0.6) is 5.75 Å². The minimum atomic E-state index is -1.51. The molecule has 5 nitrogen and oxygen atoms in total. The molecule has 0 unspecified atom stereocenters. The zero-order valence-electron chi connectivity index (χ0n) is 12.5. The van der Waals surface area contributed by atoms with Crippen molar-refractivity contribution in [1.82, 2.24) is 0 Å². The van der Waals surface area contributed by atoms with Gasteiger partial charge in [-0.3, -0.25) is 5.73 Å². The van der Waals surface area contributed by atoms with Gasteiger partial charge in [0.1, 0.15) is 5.75 Å². The van der Waals surface area contributed by atoms with Crippen molar-refractivity contribution in [1.29, 1.82) is 0 Å². The van der Waals surface area contributed by atoms with Crippen molar-refractivity contribution in [2.24, 2.45) is 5.73 Å². The maximum absolute atomic E-state index is 11.7. The first kappa shape index (κ1) is 17.7. The van der Waals surface area contributed by atoms with Crippen LogP contribution in [0.4, 0.5) is 0 Å². The maximum Gasteiger partial charge on any atom is 0.338 e. The second kappa shape index (κ2) is 7.61. The molecule has 0 heterocycles. The van der Waals surface area contributed by atoms with Gasteiger partial charge in [0.05, 0.1) is 5.56 Å². The number of carbonyl (C=O) groups is 1. The minimum Gasteiger partial charge on any atom is -0.423 e. The largest absolute Gasteiger partial charge is 0.423 e. The molecule has 116 valence electrons. The third-order valence-electron chi connectivity index (χ3n) is 2.61. The number of hydrogen-bond donors (Lipinski definition) is 2. The number of benzene rings is 1. The standard InChI is InChI=1S/C15H21NO4S/c1-5-18-15(16,19-6-2)12-9-11(21)7-8-13(12)20-14(17)10(3)4/h7-9,21H,3,5-6,16H2,1-2,4H3. The van der Waals surface area contributed by atoms with Gasteiger partial charge in [-0.05, 0) is 39.0 Å². The van der Waals surface area contributed by atoms with Gasteiger partial charge in [-0.2, -0.15) is 0 Å². The molecular weight excluding hydrogens is 290 g/mol. The summed E-state index contributed by atoms with van der Waals surface area (Å²) in [7, 11) is 0. The highest BCUT2D eigenvalue weighted by Crippen LogP contribution is 2.33. The Morgan fingerprint density at radius 1 is 1.33 bits per heavy atom. The first-order valence-electron chi connectivity index (χ1n) is 6.62. The molecule has 0 amide bonds. The number of thiol groups is 1. The Hall–Kier alpha value is -1.34. The normalized spacial score (nSPS) is 11.3. The molecule has 0 aromatic heterocycles. The van der Waals surface area contributed by atoms with Crippen molar-refractivity contribution >= 4 is 18.6 Å². The lowest BCUT2D eigenvalue weighted by Crippen LogP contribution is -2.43. The first-order valence-corrected chi connectivity index (χ1v) is 7.06. The predicted molar refractivity (Wildman–Crippen MR) is 83.3 cm³/mol. The van der Waals surface area contributed by atoms with Gasteiger partial charge in [0, 0.05) is 23.7 Å². The van der Waals surface area contributed by atoms with Crippen LogP contribution < -0.4 is 10.5 Å². The molecule has 0 saturated carbocycles. The lowest BCUT2D eigenvalue weighted by Gasteiger charge is -2.30. The van der Waals surface area contributed by atoms with Gasteiger partial charge in [-0.25, -0.2) is 4.79 Å². The van der Waals surface area contributed by atoms with E-state index in [-0.39, 0.29) is 11.3 Å². The second-order valence-electron chi connectivity index (χ2n) is 4.38. The smallest absolute Gasteiger partial charge is 0.338 e. The van der Waals surface area contributed by atoms with Crippen LogP contribution in [-0.2, 0) is 20.2 Å². The Labute approximate surface area is 130 Å². The van der Waals surface area contributed by atoms with E-state index in [4.69, 9.17) is 19.9 Å². The fourth-order valence-electron chi connectivity index (χ4n) is 1.69. The number of carbonyl (C=O) groups excluding carboxylic acids is 1. The summed E-state index contributed by atoms with van der Waals surface area (Å²) >= 11 is 4.28. The van der Waals surface area contributed by atoms with Crippen molar-refractivity contribution in [3.63, 3.8) is 0 Å². The van der Waals surface area contributed by atoms with Crippen LogP contribution in [0.15, 0.2) is 35.2 Å². The lowest BCUT2D eigenvalue weighted by molar-refractivity contribution is -0.239. The molecule has 0 bridgehead atoms. The van der Waals surface area contributed by atoms with E-state index >= 15 is 0 Å². The molecule has 0 saturated heterocycles. The summed E-state index contributed by atoms with van der Waals surface area (Å²) in [5.74, 6) is -1.80. The summed E-state index contributed by atoms with van der Waals surface area (Å²) in [5.41, 5.74) is 6.85. The number of hydrogen-bond acceptors (Lipinski definition) is 6. The van der Waals surface area contributed by atoms with E-state index < -0.39 is 11.9 Å². The van der Waals surface area contributed by atoms with E-state index in [1.54, 1.807) is 39.0 Å². The zero-order valence-corrected chi connectivity index (χ0v) is 13.4. The Bertz CT molecular complexity index is 524. The first-order chi connectivity index (χ1) is 9.84. The van der Waals surface area contributed by atoms with Gasteiger partial charge in [-0.15, -0.1) is 12.6 Å². The number of nitrogens with two attached hydrogens (primary N) is 1. The highest BCUT2D eigenvalue weighted by molar-refractivity contribution is 7.80. The average molecular weight is 311 g/mol. The molecule has 21 heavy (non-hydrogen) atoms. The van der Waals surface area contributed by atoms with Crippen LogP contribution >= 0.6 is 12.6 Å². The predicted octanol–water partition coefficient (Wildman–Crippen LogP) is 2.60. The third-order valence-corrected chi connectivity index (χ3v) is 2.89. The molecule has 6 heteroatoms. The van der Waals surface area contributed by atoms with Gasteiger partial charge in [0.2, 0.25) is 0 Å². The molecule has 1 aromatic rings. The van der Waals surface area contributed by atoms with E-state index in [1.165, 1.54) is 0 Å². The van der Waals surface area contributed by atoms with Gasteiger partial charge >= 0.3 is 5.97 Å². The topological polar surface area (TPSA) is 70.8 Å². The SMILES string of the molecule is C=C(C)C(=O)Oc1ccc(S)cc1C(N)(OCC)OCC. The molecule has 1 rings (SSSR count). The molecular formula is C15H21NO4S. The van der Waals surface area contributed by atoms with Gasteiger partial charge in [0.15, 0.2) is 0 Å². The van der Waals surface area contributed by atoms with Crippen LogP contribution in [0.1, 0.15) is 26.3 Å². The van der Waals surface area contributed by atoms with E-state index in [2.05, 4.69) is 19.2 Å². The molecule has 0 aliphatic heterocycles. The number of ether oxygens (including phenoxy) is 3. The van der Waals surface area contributed by atoms with Gasteiger partial charge in [-0.1, -0.05) is 6.58 Å². The van der Waals surface area contributed by atoms with Crippen molar-refractivity contribution in [3.05, 3.63) is 35.9 Å². The fourth-order valence-corrected chi connectivity index (χ4v) is 1.90. The Morgan fingerprint density at radius 2 is 1.90 bits per heavy atom. The van der Waals surface area contributed by atoms with Crippen LogP contribution in [0.2, 0.25) is 0 Å². The highest BCUT2D eigenvalue weighted by Gasteiger charge is 2.33. The second-order valence-corrected chi connectivity index (χ2v) is 4.90. The number of rotatable bonds is 7. The lowest BCUT2D eigenvalue weighted by atomic mass is 10.1. The van der Waals surface area contributed by atoms with E-state index in [9.17, 15) is 4.79 Å². The van der Waals surface area contributed by atoms with Crippen molar-refractivity contribution in [2.45, 2.75) is 31.6 Å². The highest BCUT2D eigenvalue weighted by atomic mass is 32.1. The summed E-state index contributed by atoms with van der Waals surface area (Å²) in [6.07, 6.45) is 0. The Morgan fingerprint density at radius 3 is 2.38 bits per heavy atom. The monoisotopic (exact) mass is 311 g/mol. The van der Waals surface area contributed by atoms with Crippen molar-refractivity contribution in [2.75, 3.05) is 13.2 Å². The van der Waals surface area contributed by atoms with E-state index in [1.807, 2.05) is 0 Å². The van der Waals surface area contributed by atoms with Gasteiger partial charge < -0.3 is 14.2 Å². The van der Waals surface area contributed by atoms with Crippen LogP contribution in [0.25, 0.3) is 0 Å². The van der Waals surface area contributed by atoms with Crippen LogP contribution in [0, 0.1) is 0 Å². The van der Waals surface area contributed by atoms with Gasteiger partial charge in [0.25, 0.3) is 5.91 Å². The molecule has 0 aliphatic rings. The molecule has 0 spiro atoms. The van der Waals surface area contributed by atoms with E-state index in [0.29, 0.717) is 23.7 Å². The summed E-state index contributed by atoms with van der Waals surface area (Å²) in [5, 5.41) is 0. The van der Waals surface area contributed by atoms with Crippen molar-refractivity contribution in [3.8, 4) is 5.75 Å². The summed E-state index contributed by atoms with van der Waals surface area (Å²) in [6.45, 7) is 9.38. The average Bonchev–Trinajstić information content (AvgIpc) is 2.41. The quantitative estimate of drug-likeness (QED) is 0.266. The van der Waals surface area contributed by atoms with Crippen LogP contribution in [-0.4, -0.2) is 19.2 Å². The zero-order chi connectivity index (χ0) is 16.0. The summed E-state index contributed by atoms with van der Waals surface area (Å²) < 4.78 is 16.3. The summed E-state index contributed by atoms with van der Waals surface area (Å²) in [4.78, 5) is 12.4. The molecule has 0 radical (unpaired) electrons. The Kier molecular flexibility index (Phi) is 6.42. The van der Waals surface area contributed by atoms with Crippen molar-refractivity contribution < 1.29 is 19.0 Å². The fraction of sp³-hybridized carbons (Fsp3) is 0.400. The molecule has 0 atom stereocenters. The Balaban J connectivity index is 3.27. The maximum atomic E-state index is 11.7. The van der Waals surface area contributed by atoms with Crippen LogP contribution in [0.3, 0.4) is 0 Å². The molecule has 0 fully saturated rings. The minimum absolute atomic E-state index is 0.255. The molecule has 1 aromatic carbocycles. The molecule has 0 aliphatic carbocycles.